The van der Waals surface area contributed by atoms with E-state index in [2.05, 4.69) is 169 Å². The van der Waals surface area contributed by atoms with E-state index in [4.69, 9.17) is 0 Å². The summed E-state index contributed by atoms with van der Waals surface area (Å²) in [5.41, 5.74) is 7.85. The highest BCUT2D eigenvalue weighted by Gasteiger charge is 2.48. The van der Waals surface area contributed by atoms with E-state index in [1.165, 1.54) is 75.6 Å². The summed E-state index contributed by atoms with van der Waals surface area (Å²) in [6.45, 7) is 0. The van der Waals surface area contributed by atoms with Crippen molar-refractivity contribution in [1.29, 1.82) is 0 Å². The molecule has 0 N–H and O–H groups in total. The SMILES string of the molecule is Cn1c2cc3ccccc3cc2c2c(-c3ccc4c(c3)[Si](c3ccccc3)(c3ccccc3)c3ccccc3-4)cccc21. The van der Waals surface area contributed by atoms with Gasteiger partial charge in [0.05, 0.1) is 0 Å². The fourth-order valence-corrected chi connectivity index (χ4v) is 13.0. The van der Waals surface area contributed by atoms with Crippen LogP contribution in [0, 0.1) is 0 Å². The minimum atomic E-state index is -2.55. The van der Waals surface area contributed by atoms with Gasteiger partial charge in [-0.25, -0.2) is 0 Å². The molecule has 0 saturated carbocycles. The summed E-state index contributed by atoms with van der Waals surface area (Å²) in [4.78, 5) is 0. The average molecular weight is 564 g/mol. The zero-order chi connectivity index (χ0) is 28.5. The van der Waals surface area contributed by atoms with E-state index >= 15 is 0 Å². The zero-order valence-electron chi connectivity index (χ0n) is 24.0. The predicted molar refractivity (Wildman–Crippen MR) is 186 cm³/mol. The van der Waals surface area contributed by atoms with Gasteiger partial charge in [-0.15, -0.1) is 0 Å². The number of rotatable bonds is 3. The van der Waals surface area contributed by atoms with Crippen LogP contribution in [-0.4, -0.2) is 12.6 Å². The molecule has 0 radical (unpaired) electrons. The lowest BCUT2D eigenvalue weighted by molar-refractivity contribution is 1.02. The molecule has 1 aliphatic heterocycles. The maximum atomic E-state index is 2.54. The lowest BCUT2D eigenvalue weighted by atomic mass is 9.96. The van der Waals surface area contributed by atoms with Gasteiger partial charge in [-0.3, -0.25) is 0 Å². The van der Waals surface area contributed by atoms with E-state index in [-0.39, 0.29) is 0 Å². The Morgan fingerprint density at radius 1 is 0.442 bits per heavy atom. The van der Waals surface area contributed by atoms with E-state index in [0.717, 1.165) is 0 Å². The highest BCUT2D eigenvalue weighted by atomic mass is 28.3. The van der Waals surface area contributed by atoms with Crippen molar-refractivity contribution in [3.8, 4) is 22.3 Å². The molecule has 1 nitrogen and oxygen atoms in total. The monoisotopic (exact) mass is 563 g/mol. The summed E-state index contributed by atoms with van der Waals surface area (Å²) >= 11 is 0. The first-order valence-electron chi connectivity index (χ1n) is 15.0. The quantitative estimate of drug-likeness (QED) is 0.196. The lowest BCUT2D eigenvalue weighted by Crippen LogP contribution is -2.72. The Balaban J connectivity index is 1.38. The van der Waals surface area contributed by atoms with Gasteiger partial charge in [0.2, 0.25) is 0 Å². The summed E-state index contributed by atoms with van der Waals surface area (Å²) in [7, 11) is -0.348. The molecule has 0 aliphatic carbocycles. The summed E-state index contributed by atoms with van der Waals surface area (Å²) in [6.07, 6.45) is 0. The van der Waals surface area contributed by atoms with Crippen LogP contribution in [0.5, 0.6) is 0 Å². The Morgan fingerprint density at radius 2 is 1.05 bits per heavy atom. The van der Waals surface area contributed by atoms with E-state index in [1.807, 2.05) is 0 Å². The molecule has 8 aromatic rings. The van der Waals surface area contributed by atoms with Crippen molar-refractivity contribution in [2.75, 3.05) is 0 Å². The van der Waals surface area contributed by atoms with Crippen LogP contribution in [0.15, 0.2) is 158 Å². The van der Waals surface area contributed by atoms with Gasteiger partial charge in [-0.2, -0.15) is 0 Å². The van der Waals surface area contributed by atoms with Crippen LogP contribution in [0.4, 0.5) is 0 Å². The van der Waals surface area contributed by atoms with Crippen LogP contribution >= 0.6 is 0 Å². The fourth-order valence-electron chi connectivity index (χ4n) is 7.79. The second-order valence-corrected chi connectivity index (χ2v) is 15.5. The standard InChI is InChI=1S/C41H29NSi/c1-42-37-21-12-20-33(41(37)36-25-28-13-8-9-14-29(28)26-38(36)42)30-23-24-35-34-19-10-11-22-39(34)43(40(35)27-30,31-15-4-2-5-16-31)32-17-6-3-7-18-32/h2-27H,1H3. The maximum absolute atomic E-state index is 2.55. The number of nitrogens with zero attached hydrogens (tertiary/aromatic N) is 1. The molecule has 0 amide bonds. The predicted octanol–water partition coefficient (Wildman–Crippen LogP) is 7.51. The van der Waals surface area contributed by atoms with Gasteiger partial charge in [-0.1, -0.05) is 140 Å². The Morgan fingerprint density at radius 3 is 1.79 bits per heavy atom. The Bertz CT molecular complexity index is 2310. The maximum Gasteiger partial charge on any atom is 0.180 e. The summed E-state index contributed by atoms with van der Waals surface area (Å²) < 4.78 is 2.36. The van der Waals surface area contributed by atoms with Crippen molar-refractivity contribution in [1.82, 2.24) is 4.57 Å². The van der Waals surface area contributed by atoms with Crippen molar-refractivity contribution in [2.45, 2.75) is 0 Å². The molecule has 2 heteroatoms. The molecule has 0 bridgehead atoms. The average Bonchev–Trinajstić information content (AvgIpc) is 3.53. The summed E-state index contributed by atoms with van der Waals surface area (Å²) in [6, 6.07) is 59.2. The second-order valence-electron chi connectivity index (χ2n) is 11.8. The molecule has 1 aromatic heterocycles. The summed E-state index contributed by atoms with van der Waals surface area (Å²) in [5, 5.41) is 11.0. The van der Waals surface area contributed by atoms with E-state index in [1.54, 1.807) is 0 Å². The molecule has 202 valence electrons. The first-order valence-corrected chi connectivity index (χ1v) is 17.0. The van der Waals surface area contributed by atoms with Gasteiger partial charge in [-0.05, 0) is 72.0 Å². The molecule has 0 fully saturated rings. The topological polar surface area (TPSA) is 4.93 Å². The first kappa shape index (κ1) is 24.4. The van der Waals surface area contributed by atoms with Gasteiger partial charge in [0.1, 0.15) is 0 Å². The third-order valence-corrected chi connectivity index (χ3v) is 14.5. The van der Waals surface area contributed by atoms with Crippen LogP contribution in [-0.2, 0) is 7.05 Å². The number of fused-ring (bicyclic) bond motifs is 7. The molecule has 2 heterocycles. The van der Waals surface area contributed by atoms with E-state index in [0.29, 0.717) is 0 Å². The third-order valence-electron chi connectivity index (χ3n) is 9.67. The van der Waals surface area contributed by atoms with Crippen molar-refractivity contribution >= 4 is 61.4 Å². The number of aryl methyl sites for hydroxylation is 1. The first-order chi connectivity index (χ1) is 21.2. The van der Waals surface area contributed by atoms with Crippen LogP contribution < -0.4 is 20.7 Å². The molecule has 0 unspecified atom stereocenters. The minimum absolute atomic E-state index is 1.27. The second kappa shape index (κ2) is 9.16. The number of aromatic nitrogens is 1. The van der Waals surface area contributed by atoms with Crippen molar-refractivity contribution in [2.24, 2.45) is 7.05 Å². The minimum Gasteiger partial charge on any atom is -0.344 e. The summed E-state index contributed by atoms with van der Waals surface area (Å²) in [5.74, 6) is 0. The van der Waals surface area contributed by atoms with Gasteiger partial charge >= 0.3 is 0 Å². The number of hydrogen-bond donors (Lipinski definition) is 0. The Labute approximate surface area is 252 Å². The van der Waals surface area contributed by atoms with Crippen molar-refractivity contribution in [3.05, 3.63) is 158 Å². The molecule has 9 rings (SSSR count). The molecule has 0 spiro atoms. The van der Waals surface area contributed by atoms with Crippen LogP contribution in [0.2, 0.25) is 0 Å². The smallest absolute Gasteiger partial charge is 0.180 e. The largest absolute Gasteiger partial charge is 0.344 e. The van der Waals surface area contributed by atoms with Gasteiger partial charge in [0.15, 0.2) is 8.07 Å². The van der Waals surface area contributed by atoms with Gasteiger partial charge in [0.25, 0.3) is 0 Å². The number of hydrogen-bond acceptors (Lipinski definition) is 0. The van der Waals surface area contributed by atoms with E-state index in [9.17, 15) is 0 Å². The molecular weight excluding hydrogens is 535 g/mol. The van der Waals surface area contributed by atoms with Gasteiger partial charge in [0, 0.05) is 28.9 Å². The van der Waals surface area contributed by atoms with Gasteiger partial charge < -0.3 is 4.57 Å². The molecule has 0 atom stereocenters. The molecular formula is C41H29NSi. The number of benzene rings is 7. The molecule has 0 saturated heterocycles. The Hall–Kier alpha value is -5.18. The fraction of sp³-hybridized carbons (Fsp3) is 0.0244. The third kappa shape index (κ3) is 3.33. The normalized spacial score (nSPS) is 13.4. The molecule has 7 aromatic carbocycles. The Kier molecular flexibility index (Phi) is 5.20. The highest BCUT2D eigenvalue weighted by molar-refractivity contribution is 7.22. The zero-order valence-corrected chi connectivity index (χ0v) is 25.0. The highest BCUT2D eigenvalue weighted by Crippen LogP contribution is 2.39. The molecule has 43 heavy (non-hydrogen) atoms. The van der Waals surface area contributed by atoms with Crippen molar-refractivity contribution in [3.63, 3.8) is 0 Å². The van der Waals surface area contributed by atoms with Crippen LogP contribution in [0.25, 0.3) is 54.8 Å². The molecule has 1 aliphatic rings. The van der Waals surface area contributed by atoms with E-state index < -0.39 is 8.07 Å². The van der Waals surface area contributed by atoms with Crippen LogP contribution in [0.1, 0.15) is 0 Å². The lowest BCUT2D eigenvalue weighted by Gasteiger charge is -2.31. The van der Waals surface area contributed by atoms with Crippen molar-refractivity contribution < 1.29 is 0 Å². The van der Waals surface area contributed by atoms with Crippen LogP contribution in [0.3, 0.4) is 0 Å².